The predicted octanol–water partition coefficient (Wildman–Crippen LogP) is 8.02. The topological polar surface area (TPSA) is 52.6 Å². The third-order valence-corrected chi connectivity index (χ3v) is 12.6. The van der Waals surface area contributed by atoms with Crippen LogP contribution in [0.3, 0.4) is 0 Å². The molecule has 0 unspecified atom stereocenters. The van der Waals surface area contributed by atoms with E-state index < -0.39 is 29.4 Å². The van der Waals surface area contributed by atoms with E-state index in [0.29, 0.717) is 5.56 Å². The molecule has 2 aromatic carbocycles. The molecule has 0 saturated carbocycles. The normalized spacial score (nSPS) is 13.6. The van der Waals surface area contributed by atoms with E-state index in [-0.39, 0.29) is 10.8 Å². The van der Waals surface area contributed by atoms with Crippen molar-refractivity contribution < 1.29 is 30.2 Å². The van der Waals surface area contributed by atoms with Crippen LogP contribution in [0.15, 0.2) is 36.4 Å². The van der Waals surface area contributed by atoms with Gasteiger partial charge in [-0.3, -0.25) is 0 Å². The fourth-order valence-electron chi connectivity index (χ4n) is 3.93. The van der Waals surface area contributed by atoms with E-state index in [1.807, 2.05) is 13.0 Å². The maximum Gasteiger partial charge on any atom is 0.534 e. The fraction of sp³-hybridized carbons (Fsp3) is 0.538. The number of hydrogen-bond acceptors (Lipinski definition) is 4. The third kappa shape index (κ3) is 5.88. The van der Waals surface area contributed by atoms with Gasteiger partial charge < -0.3 is 8.61 Å². The Morgan fingerprint density at radius 2 is 1.26 bits per heavy atom. The first kappa shape index (κ1) is 29.2. The molecule has 9 heteroatoms. The van der Waals surface area contributed by atoms with Crippen LogP contribution in [0.25, 0.3) is 0 Å². The molecule has 2 rings (SSSR count). The summed E-state index contributed by atoms with van der Waals surface area (Å²) in [5, 5.41) is 0.0651. The third-order valence-electron chi connectivity index (χ3n) is 7.32. The van der Waals surface area contributed by atoms with Crippen molar-refractivity contribution in [1.82, 2.24) is 0 Å². The highest BCUT2D eigenvalue weighted by atomic mass is 32.2. The molecule has 0 N–H and O–H groups in total. The monoisotopic (exact) mass is 530 g/mol. The van der Waals surface area contributed by atoms with Gasteiger partial charge >= 0.3 is 15.6 Å². The van der Waals surface area contributed by atoms with Crippen molar-refractivity contribution in [3.05, 3.63) is 58.7 Å². The quantitative estimate of drug-likeness (QED) is 0.197. The maximum atomic E-state index is 12.8. The van der Waals surface area contributed by atoms with E-state index in [0.717, 1.165) is 35.3 Å². The zero-order valence-corrected chi connectivity index (χ0v) is 23.9. The molecule has 0 aliphatic rings. The zero-order valence-electron chi connectivity index (χ0n) is 22.1. The molecule has 0 bridgehead atoms. The summed E-state index contributed by atoms with van der Waals surface area (Å²) in [6, 6.07) is 10.8. The molecule has 0 fully saturated rings. The van der Waals surface area contributed by atoms with Gasteiger partial charge in [0.2, 0.25) is 8.32 Å². The minimum Gasteiger partial charge on any atom is -0.543 e. The molecule has 0 spiro atoms. The van der Waals surface area contributed by atoms with Gasteiger partial charge in [0.25, 0.3) is 0 Å². The summed E-state index contributed by atoms with van der Waals surface area (Å²) < 4.78 is 72.1. The summed E-state index contributed by atoms with van der Waals surface area (Å²) >= 11 is 0. The molecular formula is C26H37F3O4SSi. The van der Waals surface area contributed by atoms with Gasteiger partial charge in [-0.2, -0.15) is 21.6 Å². The van der Waals surface area contributed by atoms with Gasteiger partial charge in [0.1, 0.15) is 11.5 Å². The van der Waals surface area contributed by atoms with Gasteiger partial charge in [-0.25, -0.2) is 0 Å². The molecule has 0 amide bonds. The highest BCUT2D eigenvalue weighted by molar-refractivity contribution is 7.88. The van der Waals surface area contributed by atoms with Gasteiger partial charge in [0.05, 0.1) is 0 Å². The number of alkyl halides is 3. The Morgan fingerprint density at radius 1 is 0.829 bits per heavy atom. The molecule has 35 heavy (non-hydrogen) atoms. The molecule has 0 heterocycles. The number of aryl methyl sites for hydroxylation is 2. The number of hydrogen-bond donors (Lipinski definition) is 0. The van der Waals surface area contributed by atoms with Gasteiger partial charge in [0.15, 0.2) is 0 Å². The molecule has 196 valence electrons. The van der Waals surface area contributed by atoms with Crippen LogP contribution in [0.5, 0.6) is 11.5 Å². The predicted molar refractivity (Wildman–Crippen MR) is 137 cm³/mol. The molecule has 2 aromatic rings. The average Bonchev–Trinajstić information content (AvgIpc) is 2.71. The van der Waals surface area contributed by atoms with Crippen LogP contribution < -0.4 is 8.61 Å². The Balaban J connectivity index is 2.50. The lowest BCUT2D eigenvalue weighted by Crippen LogP contribution is -2.44. The maximum absolute atomic E-state index is 12.8. The van der Waals surface area contributed by atoms with Crippen LogP contribution in [0, 0.1) is 13.8 Å². The summed E-state index contributed by atoms with van der Waals surface area (Å²) in [6.45, 7) is 18.7. The Hall–Kier alpha value is -2.00. The molecular weight excluding hydrogens is 493 g/mol. The molecule has 0 aromatic heterocycles. The van der Waals surface area contributed by atoms with Gasteiger partial charge in [-0.05, 0) is 79.2 Å². The number of rotatable bonds is 8. The number of benzene rings is 2. The second-order valence-electron chi connectivity index (χ2n) is 10.6. The van der Waals surface area contributed by atoms with Crippen molar-refractivity contribution in [2.24, 2.45) is 0 Å². The van der Waals surface area contributed by atoms with Crippen LogP contribution in [0.1, 0.15) is 69.7 Å². The zero-order chi connectivity index (χ0) is 27.0. The lowest BCUT2D eigenvalue weighted by molar-refractivity contribution is -0.0500. The van der Waals surface area contributed by atoms with Crippen molar-refractivity contribution in [3.63, 3.8) is 0 Å². The van der Waals surface area contributed by atoms with E-state index in [1.54, 1.807) is 19.1 Å². The minimum atomic E-state index is -5.73. The lowest BCUT2D eigenvalue weighted by Gasteiger charge is -2.38. The Labute approximate surface area is 209 Å². The Morgan fingerprint density at radius 3 is 1.60 bits per heavy atom. The van der Waals surface area contributed by atoms with Gasteiger partial charge in [-0.1, -0.05) is 58.9 Å². The van der Waals surface area contributed by atoms with E-state index in [9.17, 15) is 21.6 Å². The number of halogens is 3. The van der Waals surface area contributed by atoms with Crippen LogP contribution in [-0.2, 0) is 15.5 Å². The first-order chi connectivity index (χ1) is 15.8. The SMILES string of the molecule is CCC(CC)(c1ccc(O[Si](C)(C)C(C)(C)C)c(C)c1)c1ccc(OS(=O)(=O)C(F)(F)F)c(C)c1. The van der Waals surface area contributed by atoms with Crippen molar-refractivity contribution in [2.45, 2.75) is 90.4 Å². The minimum absolute atomic E-state index is 0.0651. The second-order valence-corrected chi connectivity index (χ2v) is 16.9. The second kappa shape index (κ2) is 9.80. The molecule has 0 atom stereocenters. The van der Waals surface area contributed by atoms with E-state index in [4.69, 9.17) is 4.43 Å². The summed E-state index contributed by atoms with van der Waals surface area (Å²) in [5.41, 5.74) is -2.61. The van der Waals surface area contributed by atoms with Crippen LogP contribution >= 0.6 is 0 Å². The van der Waals surface area contributed by atoms with Crippen molar-refractivity contribution in [3.8, 4) is 11.5 Å². The largest absolute Gasteiger partial charge is 0.543 e. The summed E-state index contributed by atoms with van der Waals surface area (Å²) in [7, 11) is -7.74. The van der Waals surface area contributed by atoms with Gasteiger partial charge in [0, 0.05) is 5.41 Å². The first-order valence-corrected chi connectivity index (χ1v) is 16.0. The molecule has 0 aliphatic heterocycles. The van der Waals surface area contributed by atoms with Crippen molar-refractivity contribution >= 4 is 18.4 Å². The molecule has 0 aliphatic carbocycles. The summed E-state index contributed by atoms with van der Waals surface area (Å²) in [6.07, 6.45) is 1.48. The smallest absolute Gasteiger partial charge is 0.534 e. The summed E-state index contributed by atoms with van der Waals surface area (Å²) in [5.74, 6) is 0.528. The van der Waals surface area contributed by atoms with E-state index in [2.05, 4.69) is 64.0 Å². The Bertz CT molecular complexity index is 1160. The highest BCUT2D eigenvalue weighted by Gasteiger charge is 2.48. The highest BCUT2D eigenvalue weighted by Crippen LogP contribution is 2.43. The van der Waals surface area contributed by atoms with E-state index in [1.165, 1.54) is 6.07 Å². The van der Waals surface area contributed by atoms with Crippen LogP contribution in [-0.4, -0.2) is 22.2 Å². The van der Waals surface area contributed by atoms with Crippen molar-refractivity contribution in [2.75, 3.05) is 0 Å². The molecule has 0 radical (unpaired) electrons. The Kier molecular flexibility index (Phi) is 8.19. The first-order valence-electron chi connectivity index (χ1n) is 11.7. The standard InChI is InChI=1S/C26H37F3O4SSi/c1-10-25(11-2,20-12-14-22(18(3)16-20)32-34(30,31)26(27,28)29)21-13-15-23(19(4)17-21)33-35(8,9)24(5,6)7/h12-17H,10-11H2,1-9H3. The average molecular weight is 531 g/mol. The molecule has 0 saturated heterocycles. The fourth-order valence-corrected chi connectivity index (χ4v) is 5.53. The molecule has 4 nitrogen and oxygen atoms in total. The van der Waals surface area contributed by atoms with Crippen LogP contribution in [0.2, 0.25) is 18.1 Å². The van der Waals surface area contributed by atoms with Gasteiger partial charge in [-0.15, -0.1) is 0 Å². The van der Waals surface area contributed by atoms with Crippen LogP contribution in [0.4, 0.5) is 13.2 Å². The van der Waals surface area contributed by atoms with Crippen molar-refractivity contribution in [1.29, 1.82) is 0 Å². The van der Waals surface area contributed by atoms with E-state index >= 15 is 0 Å². The summed E-state index contributed by atoms with van der Waals surface area (Å²) in [4.78, 5) is 0. The lowest BCUT2D eigenvalue weighted by atomic mass is 9.70.